The van der Waals surface area contributed by atoms with Crippen molar-refractivity contribution in [1.29, 1.82) is 0 Å². The summed E-state index contributed by atoms with van der Waals surface area (Å²) in [6.07, 6.45) is 5.17. The zero-order valence-corrected chi connectivity index (χ0v) is 26.4. The number of allylic oxidation sites excluding steroid dienone is 1. The van der Waals surface area contributed by atoms with Gasteiger partial charge in [0.15, 0.2) is 11.5 Å². The highest BCUT2D eigenvalue weighted by atomic mass is 127. The number of fused-ring (bicyclic) bond motifs is 1. The van der Waals surface area contributed by atoms with E-state index in [0.29, 0.717) is 52.6 Å². The molecule has 1 heterocycles. The Bertz CT molecular complexity index is 1210. The summed E-state index contributed by atoms with van der Waals surface area (Å²) in [6.45, 7) is 1.42. The summed E-state index contributed by atoms with van der Waals surface area (Å²) in [5, 5.41) is 51.0. The Balaban J connectivity index is 1.77. The van der Waals surface area contributed by atoms with Gasteiger partial charge in [-0.15, -0.1) is 0 Å². The predicted molar refractivity (Wildman–Crippen MR) is 165 cm³/mol. The van der Waals surface area contributed by atoms with Crippen LogP contribution in [0.2, 0.25) is 0 Å². The smallest absolute Gasteiger partial charge is 0.303 e. The van der Waals surface area contributed by atoms with Gasteiger partial charge in [0.2, 0.25) is 11.8 Å². The van der Waals surface area contributed by atoms with Gasteiger partial charge in [-0.3, -0.25) is 19.3 Å². The van der Waals surface area contributed by atoms with E-state index in [1.165, 1.54) is 12.0 Å². The number of hydrogen-bond donors (Lipinski definition) is 5. The number of carbonyl (C=O) groups is 3. The van der Waals surface area contributed by atoms with E-state index in [2.05, 4.69) is 6.92 Å². The molecule has 1 aromatic rings. The van der Waals surface area contributed by atoms with Gasteiger partial charge in [-0.1, -0.05) is 31.4 Å². The number of unbranched alkanes of at least 4 members (excludes halogenated alkanes) is 2. The standard InChI is InChI=1S/C31H42INO9/c1-3-7-18(12-19-13-23(32)29(39)25(14-19)42-2)9-10-24(36)27-20(16-34)15-21-28(22(27)17-35)31(41)33(30(21)40)11-6-4-5-8-26(37)38/h12-14,21-22,24,28,34-36,39H,3-11,15-17H2,1-2H3,(H,37,38)/b18-12+/t21-,22+,24-,28-/m1/s1. The number of aliphatic carboxylic acids is 1. The van der Waals surface area contributed by atoms with Crippen molar-refractivity contribution < 1.29 is 44.7 Å². The van der Waals surface area contributed by atoms with Crippen LogP contribution in [0.15, 0.2) is 28.9 Å². The van der Waals surface area contributed by atoms with E-state index in [0.717, 1.165) is 24.0 Å². The first-order chi connectivity index (χ1) is 20.1. The molecule has 1 aromatic carbocycles. The summed E-state index contributed by atoms with van der Waals surface area (Å²) in [6, 6.07) is 3.60. The van der Waals surface area contributed by atoms with Crippen molar-refractivity contribution in [3.05, 3.63) is 38.0 Å². The summed E-state index contributed by atoms with van der Waals surface area (Å²) in [7, 11) is 1.49. The van der Waals surface area contributed by atoms with Crippen LogP contribution in [-0.2, 0) is 14.4 Å². The van der Waals surface area contributed by atoms with E-state index in [-0.39, 0.29) is 43.6 Å². The molecule has 0 unspecified atom stereocenters. The predicted octanol–water partition coefficient (Wildman–Crippen LogP) is 3.88. The fourth-order valence-corrected chi connectivity index (χ4v) is 6.88. The minimum absolute atomic E-state index is 0.0301. The Morgan fingerprint density at radius 2 is 1.88 bits per heavy atom. The van der Waals surface area contributed by atoms with Gasteiger partial charge in [-0.2, -0.15) is 0 Å². The average Bonchev–Trinajstić information content (AvgIpc) is 3.20. The fourth-order valence-electron chi connectivity index (χ4n) is 6.25. The fraction of sp³-hybridized carbons (Fsp3) is 0.581. The van der Waals surface area contributed by atoms with Crippen molar-refractivity contribution in [2.45, 2.75) is 70.8 Å². The molecule has 11 heteroatoms. The van der Waals surface area contributed by atoms with E-state index in [4.69, 9.17) is 9.84 Å². The topological polar surface area (TPSA) is 165 Å². The van der Waals surface area contributed by atoms with Crippen molar-refractivity contribution in [2.24, 2.45) is 17.8 Å². The first-order valence-corrected chi connectivity index (χ1v) is 15.6. The molecule has 0 aromatic heterocycles. The molecule has 1 aliphatic heterocycles. The van der Waals surface area contributed by atoms with Gasteiger partial charge in [0, 0.05) is 18.9 Å². The molecule has 2 aliphatic rings. The summed E-state index contributed by atoms with van der Waals surface area (Å²) in [5.41, 5.74) is 2.87. The van der Waals surface area contributed by atoms with Crippen LogP contribution in [0.3, 0.4) is 0 Å². The molecule has 0 radical (unpaired) electrons. The van der Waals surface area contributed by atoms with Crippen LogP contribution in [0, 0.1) is 21.3 Å². The minimum atomic E-state index is -1.02. The lowest BCUT2D eigenvalue weighted by molar-refractivity contribution is -0.141. The van der Waals surface area contributed by atoms with Crippen LogP contribution in [0.4, 0.5) is 0 Å². The Kier molecular flexibility index (Phi) is 12.8. The maximum absolute atomic E-state index is 13.4. The zero-order chi connectivity index (χ0) is 31.0. The highest BCUT2D eigenvalue weighted by Crippen LogP contribution is 2.46. The molecule has 0 saturated carbocycles. The van der Waals surface area contributed by atoms with E-state index in [9.17, 15) is 34.8 Å². The monoisotopic (exact) mass is 699 g/mol. The maximum Gasteiger partial charge on any atom is 0.303 e. The van der Waals surface area contributed by atoms with Crippen LogP contribution in [0.5, 0.6) is 11.5 Å². The Morgan fingerprint density at radius 3 is 2.50 bits per heavy atom. The third-order valence-corrected chi connectivity index (χ3v) is 9.07. The van der Waals surface area contributed by atoms with Crippen LogP contribution >= 0.6 is 22.6 Å². The molecular formula is C31H42INO9. The largest absolute Gasteiger partial charge is 0.504 e. The molecule has 2 amide bonds. The van der Waals surface area contributed by atoms with Gasteiger partial charge < -0.3 is 30.3 Å². The number of imide groups is 1. The molecular weight excluding hydrogens is 657 g/mol. The number of carboxylic acid groups (broad SMARTS) is 1. The van der Waals surface area contributed by atoms with E-state index >= 15 is 0 Å². The van der Waals surface area contributed by atoms with Gasteiger partial charge in [-0.05, 0) is 90.0 Å². The number of rotatable bonds is 16. The number of aliphatic hydroxyl groups is 3. The van der Waals surface area contributed by atoms with Gasteiger partial charge >= 0.3 is 5.97 Å². The number of amides is 2. The second-order valence-corrected chi connectivity index (χ2v) is 12.2. The molecule has 3 rings (SSSR count). The Labute approximate surface area is 260 Å². The lowest BCUT2D eigenvalue weighted by Crippen LogP contribution is -2.39. The highest BCUT2D eigenvalue weighted by Gasteiger charge is 2.54. The van der Waals surface area contributed by atoms with E-state index in [1.54, 1.807) is 6.07 Å². The summed E-state index contributed by atoms with van der Waals surface area (Å²) in [5.74, 6) is -3.45. The number of aliphatic hydroxyl groups excluding tert-OH is 3. The number of hydrogen-bond acceptors (Lipinski definition) is 8. The van der Waals surface area contributed by atoms with Crippen LogP contribution in [0.1, 0.15) is 70.3 Å². The van der Waals surface area contributed by atoms with Crippen molar-refractivity contribution in [1.82, 2.24) is 4.90 Å². The molecule has 42 heavy (non-hydrogen) atoms. The number of phenols is 1. The molecule has 1 fully saturated rings. The second kappa shape index (κ2) is 15.8. The number of phenolic OH excluding ortho intramolecular Hbond substituents is 1. The van der Waals surface area contributed by atoms with Crippen molar-refractivity contribution in [3.63, 3.8) is 0 Å². The average molecular weight is 700 g/mol. The molecule has 1 saturated heterocycles. The summed E-state index contributed by atoms with van der Waals surface area (Å²) in [4.78, 5) is 38.6. The van der Waals surface area contributed by atoms with Crippen molar-refractivity contribution in [3.8, 4) is 11.5 Å². The second-order valence-electron chi connectivity index (χ2n) is 11.0. The number of nitrogens with zero attached hydrogens (tertiary/aromatic N) is 1. The summed E-state index contributed by atoms with van der Waals surface area (Å²) >= 11 is 2.04. The SMILES string of the molecule is CCC/C(=C\c1cc(I)c(O)c(OC)c1)CC[C@@H](O)C1=C(CO)C[C@H]2C(=O)N(CCCCCC(=O)O)C(=O)[C@H]2[C@H]1CO. The lowest BCUT2D eigenvalue weighted by atomic mass is 9.68. The number of carbonyl (C=O) groups excluding carboxylic acids is 2. The van der Waals surface area contributed by atoms with E-state index in [1.807, 2.05) is 34.7 Å². The minimum Gasteiger partial charge on any atom is -0.504 e. The van der Waals surface area contributed by atoms with Gasteiger partial charge in [0.05, 0.1) is 41.8 Å². The van der Waals surface area contributed by atoms with Gasteiger partial charge in [0.1, 0.15) is 0 Å². The molecule has 1 aliphatic carbocycles. The van der Waals surface area contributed by atoms with Gasteiger partial charge in [0.25, 0.3) is 0 Å². The maximum atomic E-state index is 13.4. The first kappa shape index (κ1) is 34.0. The van der Waals surface area contributed by atoms with E-state index < -0.39 is 36.4 Å². The van der Waals surface area contributed by atoms with Crippen LogP contribution in [0.25, 0.3) is 6.08 Å². The van der Waals surface area contributed by atoms with Crippen molar-refractivity contribution >= 4 is 46.5 Å². The number of benzene rings is 1. The zero-order valence-electron chi connectivity index (χ0n) is 24.2. The Morgan fingerprint density at radius 1 is 1.14 bits per heavy atom. The highest BCUT2D eigenvalue weighted by molar-refractivity contribution is 14.1. The Hall–Kier alpha value is -2.48. The normalized spacial score (nSPS) is 21.6. The van der Waals surface area contributed by atoms with Crippen LogP contribution < -0.4 is 4.74 Å². The molecule has 0 spiro atoms. The molecule has 232 valence electrons. The third-order valence-electron chi connectivity index (χ3n) is 8.25. The summed E-state index contributed by atoms with van der Waals surface area (Å²) < 4.78 is 5.93. The number of carboxylic acids is 1. The lowest BCUT2D eigenvalue weighted by Gasteiger charge is -2.36. The number of halogens is 1. The molecule has 5 N–H and O–H groups in total. The number of likely N-dealkylation sites (tertiary alicyclic amines) is 1. The number of ether oxygens (including phenoxy) is 1. The number of aromatic hydroxyl groups is 1. The molecule has 10 nitrogen and oxygen atoms in total. The quantitative estimate of drug-likeness (QED) is 0.0746. The number of methoxy groups -OCH3 is 1. The van der Waals surface area contributed by atoms with Gasteiger partial charge in [-0.25, -0.2) is 0 Å². The molecule has 0 bridgehead atoms. The van der Waals surface area contributed by atoms with Crippen LogP contribution in [-0.4, -0.2) is 81.2 Å². The molecule has 4 atom stereocenters. The third kappa shape index (κ3) is 7.91. The van der Waals surface area contributed by atoms with Crippen molar-refractivity contribution in [2.75, 3.05) is 26.9 Å². The first-order valence-electron chi connectivity index (χ1n) is 14.5.